The van der Waals surface area contributed by atoms with Crippen molar-refractivity contribution in [2.24, 2.45) is 0 Å². The molecule has 1 aliphatic heterocycles. The number of hydrogen-bond acceptors (Lipinski definition) is 3. The zero-order valence-electron chi connectivity index (χ0n) is 16.5. The standard InChI is InChI=1S/C24H24N2O3/c1-16(18-8-10-20(11-9-18)19-6-4-3-5-7-19)25-24(27)26-17(2)21-12-13-22-23(14-21)29-15-28-22/h3-14,16-17H,15H2,1-2H3,(H2,25,26,27). The minimum absolute atomic E-state index is 0.108. The molecule has 3 aromatic carbocycles. The molecule has 0 bridgehead atoms. The molecular formula is C24H24N2O3. The van der Waals surface area contributed by atoms with E-state index in [1.807, 2.05) is 50.2 Å². The van der Waals surface area contributed by atoms with Gasteiger partial charge in [0.1, 0.15) is 0 Å². The Hall–Kier alpha value is -3.47. The minimum atomic E-state index is -0.213. The molecule has 148 valence electrons. The van der Waals surface area contributed by atoms with Crippen LogP contribution < -0.4 is 20.1 Å². The Morgan fingerprint density at radius 1 is 0.759 bits per heavy atom. The molecule has 5 heteroatoms. The number of rotatable bonds is 5. The van der Waals surface area contributed by atoms with Gasteiger partial charge >= 0.3 is 6.03 Å². The van der Waals surface area contributed by atoms with Gasteiger partial charge in [0.25, 0.3) is 0 Å². The summed E-state index contributed by atoms with van der Waals surface area (Å²) >= 11 is 0. The molecule has 0 radical (unpaired) electrons. The van der Waals surface area contributed by atoms with E-state index in [1.165, 1.54) is 5.56 Å². The lowest BCUT2D eigenvalue weighted by Gasteiger charge is -2.19. The lowest BCUT2D eigenvalue weighted by Crippen LogP contribution is -2.38. The van der Waals surface area contributed by atoms with Crippen LogP contribution in [0.2, 0.25) is 0 Å². The summed E-state index contributed by atoms with van der Waals surface area (Å²) < 4.78 is 10.7. The van der Waals surface area contributed by atoms with Crippen molar-refractivity contribution in [3.8, 4) is 22.6 Å². The van der Waals surface area contributed by atoms with E-state index in [2.05, 4.69) is 47.0 Å². The monoisotopic (exact) mass is 388 g/mol. The van der Waals surface area contributed by atoms with Crippen molar-refractivity contribution in [1.82, 2.24) is 10.6 Å². The number of hydrogen-bond donors (Lipinski definition) is 2. The van der Waals surface area contributed by atoms with Crippen LogP contribution in [-0.4, -0.2) is 12.8 Å². The molecule has 0 spiro atoms. The smallest absolute Gasteiger partial charge is 0.315 e. The molecule has 0 saturated heterocycles. The fourth-order valence-electron chi connectivity index (χ4n) is 3.38. The minimum Gasteiger partial charge on any atom is -0.454 e. The summed E-state index contributed by atoms with van der Waals surface area (Å²) in [6.45, 7) is 4.15. The van der Waals surface area contributed by atoms with Gasteiger partial charge in [0.2, 0.25) is 6.79 Å². The first-order valence-corrected chi connectivity index (χ1v) is 9.72. The second-order valence-electron chi connectivity index (χ2n) is 7.16. The van der Waals surface area contributed by atoms with Gasteiger partial charge in [-0.15, -0.1) is 0 Å². The second kappa shape index (κ2) is 8.27. The SMILES string of the molecule is CC(NC(=O)NC(C)c1ccc2c(c1)OCO2)c1ccc(-c2ccccc2)cc1. The first kappa shape index (κ1) is 18.9. The van der Waals surface area contributed by atoms with Gasteiger partial charge in [-0.25, -0.2) is 4.79 Å². The molecule has 3 aromatic rings. The van der Waals surface area contributed by atoms with Gasteiger partial charge < -0.3 is 20.1 Å². The molecule has 2 N–H and O–H groups in total. The number of carbonyl (C=O) groups is 1. The van der Waals surface area contributed by atoms with Crippen LogP contribution in [0.4, 0.5) is 4.79 Å². The van der Waals surface area contributed by atoms with Gasteiger partial charge in [-0.3, -0.25) is 0 Å². The van der Waals surface area contributed by atoms with Crippen LogP contribution in [0.25, 0.3) is 11.1 Å². The van der Waals surface area contributed by atoms with Gasteiger partial charge in [0.15, 0.2) is 11.5 Å². The number of ether oxygens (including phenoxy) is 2. The maximum absolute atomic E-state index is 12.5. The predicted octanol–water partition coefficient (Wildman–Crippen LogP) is 5.20. The fraction of sp³-hybridized carbons (Fsp3) is 0.208. The molecule has 0 aromatic heterocycles. The summed E-state index contributed by atoms with van der Waals surface area (Å²) in [5, 5.41) is 5.98. The molecule has 5 nitrogen and oxygen atoms in total. The molecular weight excluding hydrogens is 364 g/mol. The molecule has 1 aliphatic rings. The fourth-order valence-corrected chi connectivity index (χ4v) is 3.38. The van der Waals surface area contributed by atoms with Gasteiger partial charge in [0.05, 0.1) is 12.1 Å². The summed E-state index contributed by atoms with van der Waals surface area (Å²) in [7, 11) is 0. The number of benzene rings is 3. The Morgan fingerprint density at radius 2 is 1.34 bits per heavy atom. The Morgan fingerprint density at radius 3 is 2.07 bits per heavy atom. The highest BCUT2D eigenvalue weighted by Crippen LogP contribution is 2.34. The van der Waals surface area contributed by atoms with Gasteiger partial charge in [-0.05, 0) is 48.2 Å². The maximum atomic E-state index is 12.5. The molecule has 4 rings (SSSR count). The van der Waals surface area contributed by atoms with Gasteiger partial charge in [0, 0.05) is 0 Å². The molecule has 0 aliphatic carbocycles. The Balaban J connectivity index is 1.35. The van der Waals surface area contributed by atoms with Crippen LogP contribution in [0.15, 0.2) is 72.8 Å². The van der Waals surface area contributed by atoms with Crippen LogP contribution in [0.1, 0.15) is 37.1 Å². The highest BCUT2D eigenvalue weighted by atomic mass is 16.7. The summed E-state index contributed by atoms with van der Waals surface area (Å²) in [6, 6.07) is 23.7. The third-order valence-electron chi connectivity index (χ3n) is 5.11. The molecule has 0 saturated carbocycles. The van der Waals surface area contributed by atoms with Crippen LogP contribution in [0.3, 0.4) is 0 Å². The topological polar surface area (TPSA) is 59.6 Å². The van der Waals surface area contributed by atoms with Gasteiger partial charge in [-0.2, -0.15) is 0 Å². The molecule has 29 heavy (non-hydrogen) atoms. The number of amides is 2. The number of fused-ring (bicyclic) bond motifs is 1. The van der Waals surface area contributed by atoms with Crippen LogP contribution >= 0.6 is 0 Å². The summed E-state index contributed by atoms with van der Waals surface area (Å²) in [4.78, 5) is 12.5. The van der Waals surface area contributed by atoms with E-state index in [9.17, 15) is 4.79 Å². The van der Waals surface area contributed by atoms with E-state index in [1.54, 1.807) is 0 Å². The number of urea groups is 1. The average molecular weight is 388 g/mol. The van der Waals surface area contributed by atoms with Crippen LogP contribution in [0, 0.1) is 0 Å². The average Bonchev–Trinajstić information content (AvgIpc) is 3.22. The molecule has 2 unspecified atom stereocenters. The first-order chi connectivity index (χ1) is 14.1. The number of nitrogens with one attached hydrogen (secondary N) is 2. The predicted molar refractivity (Wildman–Crippen MR) is 113 cm³/mol. The van der Waals surface area contributed by atoms with Crippen molar-refractivity contribution in [3.63, 3.8) is 0 Å². The van der Waals surface area contributed by atoms with E-state index < -0.39 is 0 Å². The Kier molecular flexibility index (Phi) is 5.38. The van der Waals surface area contributed by atoms with E-state index in [-0.39, 0.29) is 24.9 Å². The largest absolute Gasteiger partial charge is 0.454 e. The van der Waals surface area contributed by atoms with E-state index in [4.69, 9.17) is 9.47 Å². The maximum Gasteiger partial charge on any atom is 0.315 e. The van der Waals surface area contributed by atoms with Crippen molar-refractivity contribution in [3.05, 3.63) is 83.9 Å². The number of carbonyl (C=O) groups excluding carboxylic acids is 1. The normalized spacial score (nSPS) is 14.1. The van der Waals surface area contributed by atoms with Crippen LogP contribution in [-0.2, 0) is 0 Å². The third kappa shape index (κ3) is 4.35. The molecule has 0 fully saturated rings. The third-order valence-corrected chi connectivity index (χ3v) is 5.11. The van der Waals surface area contributed by atoms with Crippen molar-refractivity contribution >= 4 is 6.03 Å². The highest BCUT2D eigenvalue weighted by molar-refractivity contribution is 5.75. The second-order valence-corrected chi connectivity index (χ2v) is 7.16. The summed E-state index contributed by atoms with van der Waals surface area (Å²) in [6.07, 6.45) is 0. The van der Waals surface area contributed by atoms with Crippen LogP contribution in [0.5, 0.6) is 11.5 Å². The van der Waals surface area contributed by atoms with Gasteiger partial charge in [-0.1, -0.05) is 60.7 Å². The van der Waals surface area contributed by atoms with E-state index in [0.29, 0.717) is 5.75 Å². The highest BCUT2D eigenvalue weighted by Gasteiger charge is 2.17. The zero-order chi connectivity index (χ0) is 20.2. The summed E-state index contributed by atoms with van der Waals surface area (Å²) in [5.74, 6) is 1.45. The lowest BCUT2D eigenvalue weighted by atomic mass is 10.0. The quantitative estimate of drug-likeness (QED) is 0.631. The first-order valence-electron chi connectivity index (χ1n) is 9.72. The lowest BCUT2D eigenvalue weighted by molar-refractivity contribution is 0.174. The zero-order valence-corrected chi connectivity index (χ0v) is 16.5. The van der Waals surface area contributed by atoms with E-state index in [0.717, 1.165) is 22.4 Å². The van der Waals surface area contributed by atoms with Crippen molar-refractivity contribution in [2.45, 2.75) is 25.9 Å². The Labute approximate surface area is 170 Å². The molecule has 2 amide bonds. The molecule has 1 heterocycles. The van der Waals surface area contributed by atoms with E-state index >= 15 is 0 Å². The van der Waals surface area contributed by atoms with Crippen molar-refractivity contribution in [2.75, 3.05) is 6.79 Å². The van der Waals surface area contributed by atoms with Crippen molar-refractivity contribution in [1.29, 1.82) is 0 Å². The van der Waals surface area contributed by atoms with Crippen molar-refractivity contribution < 1.29 is 14.3 Å². The summed E-state index contributed by atoms with van der Waals surface area (Å²) in [5.41, 5.74) is 4.34. The molecule has 2 atom stereocenters. The Bertz CT molecular complexity index is 987.